The van der Waals surface area contributed by atoms with Gasteiger partial charge in [0.2, 0.25) is 0 Å². The second-order valence-electron chi connectivity index (χ2n) is 9.79. The maximum Gasteiger partial charge on any atom is 0.126 e. The van der Waals surface area contributed by atoms with Gasteiger partial charge in [-0.25, -0.2) is 17.6 Å². The van der Waals surface area contributed by atoms with Crippen molar-refractivity contribution >= 4 is 42.8 Å². The van der Waals surface area contributed by atoms with E-state index in [2.05, 4.69) is 36.4 Å². The zero-order chi connectivity index (χ0) is 26.0. The fourth-order valence-corrected chi connectivity index (χ4v) is 7.93. The Hall–Kier alpha value is -3.48. The van der Waals surface area contributed by atoms with Crippen LogP contribution in [-0.4, -0.2) is 0 Å². The molecule has 6 aromatic rings. The maximum absolute atomic E-state index is 13.6. The van der Waals surface area contributed by atoms with Crippen LogP contribution in [0.15, 0.2) is 72.8 Å². The monoisotopic (exact) mass is 544 g/mol. The Morgan fingerprint density at radius 3 is 1.24 bits per heavy atom. The molecule has 0 bridgehead atoms. The molecule has 0 nitrogen and oxygen atoms in total. The summed E-state index contributed by atoms with van der Waals surface area (Å²) in [6.07, 6.45) is 2.63. The average molecular weight is 545 g/mol. The first-order valence-corrected chi connectivity index (χ1v) is 14.1. The maximum atomic E-state index is 13.6. The molecule has 6 heteroatoms. The molecule has 0 unspecified atom stereocenters. The number of rotatable bonds is 6. The third-order valence-corrected chi connectivity index (χ3v) is 9.64. The summed E-state index contributed by atoms with van der Waals surface area (Å²) in [4.78, 5) is 2.39. The van der Waals surface area contributed by atoms with E-state index in [0.717, 1.165) is 25.0 Å². The van der Waals surface area contributed by atoms with Crippen molar-refractivity contribution in [2.75, 3.05) is 0 Å². The van der Waals surface area contributed by atoms with Crippen LogP contribution in [0, 0.1) is 23.3 Å². The third kappa shape index (κ3) is 4.12. The van der Waals surface area contributed by atoms with Crippen LogP contribution in [0.3, 0.4) is 0 Å². The summed E-state index contributed by atoms with van der Waals surface area (Å²) in [5.41, 5.74) is 6.38. The highest BCUT2D eigenvalue weighted by Gasteiger charge is 2.28. The van der Waals surface area contributed by atoms with E-state index >= 15 is 0 Å². The van der Waals surface area contributed by atoms with Crippen LogP contribution >= 0.6 is 22.7 Å². The van der Waals surface area contributed by atoms with Crippen molar-refractivity contribution < 1.29 is 17.6 Å². The molecule has 0 spiro atoms. The highest BCUT2D eigenvalue weighted by atomic mass is 32.1. The largest absolute Gasteiger partial charge is 0.207 e. The zero-order valence-corrected chi connectivity index (χ0v) is 21.7. The number of fused-ring (bicyclic) bond motifs is 8. The molecule has 1 aliphatic rings. The first-order chi connectivity index (χ1) is 18.4. The van der Waals surface area contributed by atoms with Crippen LogP contribution in [0.5, 0.6) is 0 Å². The molecule has 0 saturated heterocycles. The Labute approximate surface area is 224 Å². The van der Waals surface area contributed by atoms with Crippen LogP contribution in [-0.2, 0) is 25.7 Å². The molecule has 0 radical (unpaired) electrons. The van der Waals surface area contributed by atoms with Gasteiger partial charge in [-0.3, -0.25) is 0 Å². The van der Waals surface area contributed by atoms with Gasteiger partial charge < -0.3 is 0 Å². The van der Waals surface area contributed by atoms with Crippen LogP contribution in [0.1, 0.15) is 20.9 Å². The van der Waals surface area contributed by atoms with E-state index in [4.69, 9.17) is 0 Å². The van der Waals surface area contributed by atoms with E-state index in [9.17, 15) is 17.6 Å². The molecule has 1 aliphatic carbocycles. The molecule has 4 aromatic carbocycles. The van der Waals surface area contributed by atoms with Crippen molar-refractivity contribution in [2.45, 2.75) is 25.7 Å². The summed E-state index contributed by atoms with van der Waals surface area (Å²) in [7, 11) is 0. The van der Waals surface area contributed by atoms with Gasteiger partial charge >= 0.3 is 0 Å². The van der Waals surface area contributed by atoms with E-state index in [0.29, 0.717) is 24.0 Å². The predicted octanol–water partition coefficient (Wildman–Crippen LogP) is 9.89. The van der Waals surface area contributed by atoms with E-state index in [1.165, 1.54) is 76.4 Å². The van der Waals surface area contributed by atoms with Crippen molar-refractivity contribution in [1.82, 2.24) is 0 Å². The van der Waals surface area contributed by atoms with Crippen LogP contribution < -0.4 is 0 Å². The van der Waals surface area contributed by atoms with Crippen LogP contribution in [0.25, 0.3) is 42.4 Å². The summed E-state index contributed by atoms with van der Waals surface area (Å²) in [5, 5.41) is 2.38. The number of benzene rings is 4. The first-order valence-electron chi connectivity index (χ1n) is 12.4. The molecule has 0 atom stereocenters. The van der Waals surface area contributed by atoms with Gasteiger partial charge in [0.15, 0.2) is 0 Å². The Balaban J connectivity index is 1.16. The zero-order valence-electron chi connectivity index (χ0n) is 20.1. The van der Waals surface area contributed by atoms with Gasteiger partial charge in [-0.1, -0.05) is 24.3 Å². The lowest BCUT2D eigenvalue weighted by atomic mass is 9.79. The minimum absolute atomic E-state index is 0.541. The molecular formula is C32H20F4S2. The summed E-state index contributed by atoms with van der Waals surface area (Å²) >= 11 is 3.51. The van der Waals surface area contributed by atoms with Gasteiger partial charge in [0.25, 0.3) is 0 Å². The van der Waals surface area contributed by atoms with Crippen molar-refractivity contribution in [3.8, 4) is 22.3 Å². The second-order valence-corrected chi connectivity index (χ2v) is 12.1. The Morgan fingerprint density at radius 1 is 0.447 bits per heavy atom. The molecule has 0 fully saturated rings. The number of halogens is 4. The molecule has 2 heterocycles. The summed E-state index contributed by atoms with van der Waals surface area (Å²) in [6.45, 7) is 0. The minimum atomic E-state index is -0.541. The summed E-state index contributed by atoms with van der Waals surface area (Å²) in [5.74, 6) is -2.17. The molecule has 0 saturated carbocycles. The van der Waals surface area contributed by atoms with Crippen molar-refractivity contribution in [2.24, 2.45) is 0 Å². The fourth-order valence-electron chi connectivity index (χ4n) is 5.49. The highest BCUT2D eigenvalue weighted by molar-refractivity contribution is 7.20. The van der Waals surface area contributed by atoms with Gasteiger partial charge in [-0.15, -0.1) is 22.7 Å². The predicted molar refractivity (Wildman–Crippen MR) is 149 cm³/mol. The van der Waals surface area contributed by atoms with E-state index < -0.39 is 23.3 Å². The van der Waals surface area contributed by atoms with Gasteiger partial charge in [0.1, 0.15) is 23.3 Å². The normalized spacial score (nSPS) is 12.1. The average Bonchev–Trinajstić information content (AvgIpc) is 3.44. The highest BCUT2D eigenvalue weighted by Crippen LogP contribution is 2.56. The molecule has 0 N–H and O–H groups in total. The van der Waals surface area contributed by atoms with Crippen LogP contribution in [0.2, 0.25) is 0 Å². The topological polar surface area (TPSA) is 0 Å². The number of hydrogen-bond donors (Lipinski definition) is 0. The van der Waals surface area contributed by atoms with E-state index in [1.54, 1.807) is 22.7 Å². The Morgan fingerprint density at radius 2 is 0.842 bits per heavy atom. The smallest absolute Gasteiger partial charge is 0.126 e. The molecule has 188 valence electrons. The Kier molecular flexibility index (Phi) is 5.64. The minimum Gasteiger partial charge on any atom is -0.207 e. The third-order valence-electron chi connectivity index (χ3n) is 7.18. The second kappa shape index (κ2) is 9.07. The van der Waals surface area contributed by atoms with Gasteiger partial charge in [0.05, 0.1) is 0 Å². The SMILES string of the molecule is Fc1cc(F)cc(CCc2cc3ccc4c(c3s2)-c2ccc3cc(CCc5cc(F)cc(F)c5)sc3c2-4)c1. The van der Waals surface area contributed by atoms with Gasteiger partial charge in [-0.2, -0.15) is 0 Å². The Bertz CT molecular complexity index is 1690. The molecule has 7 rings (SSSR count). The first kappa shape index (κ1) is 23.6. The van der Waals surface area contributed by atoms with Crippen molar-refractivity contribution in [3.63, 3.8) is 0 Å². The quantitative estimate of drug-likeness (QED) is 0.183. The molecule has 2 aromatic heterocycles. The standard InChI is InChI=1S/C32H20F4S2/c33-21-9-17(10-22(34)15-21)1-5-25-13-19-3-7-27-29(31(19)37-25)28-8-4-20-14-26(38-32(20)30(27)28)6-2-18-11-23(35)16-24(36)12-18/h3-4,7-16H,1-2,5-6H2. The van der Waals surface area contributed by atoms with Crippen molar-refractivity contribution in [1.29, 1.82) is 0 Å². The van der Waals surface area contributed by atoms with Crippen LogP contribution in [0.4, 0.5) is 17.6 Å². The van der Waals surface area contributed by atoms with E-state index in [-0.39, 0.29) is 0 Å². The molecule has 0 aliphatic heterocycles. The number of hydrogen-bond acceptors (Lipinski definition) is 2. The van der Waals surface area contributed by atoms with Gasteiger partial charge in [0, 0.05) is 42.4 Å². The van der Waals surface area contributed by atoms with E-state index in [1.807, 2.05) is 0 Å². The van der Waals surface area contributed by atoms with Crippen molar-refractivity contribution in [3.05, 3.63) is 117 Å². The number of aryl methyl sites for hydroxylation is 4. The fraction of sp³-hybridized carbons (Fsp3) is 0.125. The summed E-state index contributed by atoms with van der Waals surface area (Å²) in [6, 6.07) is 20.5. The lowest BCUT2D eigenvalue weighted by Gasteiger charge is -2.25. The molecule has 38 heavy (non-hydrogen) atoms. The molecule has 0 amide bonds. The summed E-state index contributed by atoms with van der Waals surface area (Å²) < 4.78 is 56.8. The molecular weight excluding hydrogens is 524 g/mol. The lowest BCUT2D eigenvalue weighted by Crippen LogP contribution is -1.98. The number of thiophene rings is 2. The van der Waals surface area contributed by atoms with Gasteiger partial charge in [-0.05, 0) is 95.1 Å². The lowest BCUT2D eigenvalue weighted by molar-refractivity contribution is 0.578.